The fraction of sp³-hybridized carbons (Fsp3) is 0.812. The van der Waals surface area contributed by atoms with E-state index in [2.05, 4.69) is 17.4 Å². The number of aromatic nitrogens is 1. The van der Waals surface area contributed by atoms with E-state index < -0.39 is 0 Å². The predicted octanol–water partition coefficient (Wildman–Crippen LogP) is 3.17. The molecular weight excluding hydrogens is 236 g/mol. The number of rotatable bonds is 3. The quantitative estimate of drug-likeness (QED) is 0.907. The molecule has 3 nitrogen and oxygen atoms in total. The van der Waals surface area contributed by atoms with Crippen LogP contribution in [0.4, 0.5) is 0 Å². The van der Waals surface area contributed by atoms with Gasteiger partial charge in [0.2, 0.25) is 0 Å². The second-order valence-electron chi connectivity index (χ2n) is 7.31. The fourth-order valence-corrected chi connectivity index (χ4v) is 5.59. The molecule has 0 amide bonds. The highest BCUT2D eigenvalue weighted by atomic mass is 16.5. The van der Waals surface area contributed by atoms with Crippen LogP contribution in [-0.2, 0) is 12.0 Å². The maximum Gasteiger partial charge on any atom is 0.153 e. The van der Waals surface area contributed by atoms with E-state index in [-0.39, 0.29) is 0 Å². The Morgan fingerprint density at radius 1 is 1.16 bits per heavy atom. The van der Waals surface area contributed by atoms with Crippen molar-refractivity contribution in [1.82, 2.24) is 10.5 Å². The van der Waals surface area contributed by atoms with Crippen LogP contribution in [0, 0.1) is 24.7 Å². The van der Waals surface area contributed by atoms with Gasteiger partial charge in [0.15, 0.2) is 5.76 Å². The van der Waals surface area contributed by atoms with Gasteiger partial charge in [-0.1, -0.05) is 5.16 Å². The van der Waals surface area contributed by atoms with Crippen LogP contribution in [0.3, 0.4) is 0 Å². The number of nitrogens with zero attached hydrogens (tertiary/aromatic N) is 1. The van der Waals surface area contributed by atoms with Gasteiger partial charge in [-0.2, -0.15) is 0 Å². The molecule has 1 heterocycles. The molecule has 3 heteroatoms. The molecule has 1 aromatic heterocycles. The van der Waals surface area contributed by atoms with E-state index in [0.717, 1.165) is 30.1 Å². The molecule has 0 aromatic carbocycles. The molecule has 0 radical (unpaired) electrons. The number of hydrogen-bond acceptors (Lipinski definition) is 3. The van der Waals surface area contributed by atoms with E-state index in [9.17, 15) is 0 Å². The second kappa shape index (κ2) is 4.08. The van der Waals surface area contributed by atoms with Crippen molar-refractivity contribution in [1.29, 1.82) is 0 Å². The van der Waals surface area contributed by atoms with E-state index >= 15 is 0 Å². The minimum Gasteiger partial charge on any atom is -0.359 e. The topological polar surface area (TPSA) is 38.1 Å². The molecule has 0 spiro atoms. The van der Waals surface area contributed by atoms with Gasteiger partial charge < -0.3 is 9.84 Å². The van der Waals surface area contributed by atoms with Crippen LogP contribution in [0.2, 0.25) is 0 Å². The molecular formula is C16H24N2O. The van der Waals surface area contributed by atoms with Crippen LogP contribution >= 0.6 is 0 Å². The van der Waals surface area contributed by atoms with Gasteiger partial charge in [-0.3, -0.25) is 0 Å². The number of nitrogens with one attached hydrogen (secondary N) is 1. The summed E-state index contributed by atoms with van der Waals surface area (Å²) >= 11 is 0. The Morgan fingerprint density at radius 3 is 2.26 bits per heavy atom. The first-order chi connectivity index (χ1) is 9.20. The van der Waals surface area contributed by atoms with Crippen LogP contribution in [0.15, 0.2) is 4.52 Å². The summed E-state index contributed by atoms with van der Waals surface area (Å²) in [7, 11) is 1.96. The zero-order chi connectivity index (χ0) is 13.0. The van der Waals surface area contributed by atoms with Crippen molar-refractivity contribution in [3.8, 4) is 0 Å². The molecule has 0 unspecified atom stereocenters. The molecule has 4 saturated carbocycles. The van der Waals surface area contributed by atoms with E-state index in [1.807, 2.05) is 7.05 Å². The van der Waals surface area contributed by atoms with Crippen molar-refractivity contribution in [2.45, 2.75) is 57.4 Å². The van der Waals surface area contributed by atoms with E-state index in [0.29, 0.717) is 5.41 Å². The zero-order valence-electron chi connectivity index (χ0n) is 12.0. The van der Waals surface area contributed by atoms with Crippen molar-refractivity contribution >= 4 is 0 Å². The summed E-state index contributed by atoms with van der Waals surface area (Å²) in [4.78, 5) is 0. The molecule has 0 saturated heterocycles. The molecule has 19 heavy (non-hydrogen) atoms. The molecule has 1 aromatic rings. The lowest BCUT2D eigenvalue weighted by atomic mass is 9.48. The average Bonchev–Trinajstić information content (AvgIpc) is 2.70. The Morgan fingerprint density at radius 2 is 1.74 bits per heavy atom. The summed E-state index contributed by atoms with van der Waals surface area (Å²) in [6.45, 7) is 3.00. The summed E-state index contributed by atoms with van der Waals surface area (Å²) in [6.07, 6.45) is 8.56. The van der Waals surface area contributed by atoms with Crippen molar-refractivity contribution < 1.29 is 4.52 Å². The molecule has 4 aliphatic rings. The molecule has 4 fully saturated rings. The third-order valence-electron chi connectivity index (χ3n) is 5.90. The SMILES string of the molecule is CNCc1onc(C23CC4CC(CC(C4)C2)C3)c1C. The summed E-state index contributed by atoms with van der Waals surface area (Å²) in [5, 5.41) is 7.69. The molecule has 104 valence electrons. The van der Waals surface area contributed by atoms with Crippen LogP contribution in [0.1, 0.15) is 55.5 Å². The molecule has 4 aliphatic carbocycles. The van der Waals surface area contributed by atoms with Crippen molar-refractivity contribution in [2.75, 3.05) is 7.05 Å². The molecule has 5 rings (SSSR count). The molecule has 1 N–H and O–H groups in total. The highest BCUT2D eigenvalue weighted by Crippen LogP contribution is 2.60. The average molecular weight is 260 g/mol. The number of hydrogen-bond donors (Lipinski definition) is 1. The van der Waals surface area contributed by atoms with Gasteiger partial charge in [-0.25, -0.2) is 0 Å². The Bertz CT molecular complexity index is 456. The van der Waals surface area contributed by atoms with Crippen LogP contribution < -0.4 is 5.32 Å². The van der Waals surface area contributed by atoms with Crippen molar-refractivity contribution in [3.05, 3.63) is 17.0 Å². The van der Waals surface area contributed by atoms with Crippen LogP contribution in [0.25, 0.3) is 0 Å². The van der Waals surface area contributed by atoms with Crippen molar-refractivity contribution in [3.63, 3.8) is 0 Å². The Hall–Kier alpha value is -0.830. The van der Waals surface area contributed by atoms with Gasteiger partial charge in [0.1, 0.15) is 0 Å². The second-order valence-corrected chi connectivity index (χ2v) is 7.31. The lowest BCUT2D eigenvalue weighted by Gasteiger charge is -2.56. The van der Waals surface area contributed by atoms with Gasteiger partial charge in [-0.15, -0.1) is 0 Å². The maximum absolute atomic E-state index is 5.61. The van der Waals surface area contributed by atoms with Gasteiger partial charge >= 0.3 is 0 Å². The first-order valence-corrected chi connectivity index (χ1v) is 7.80. The lowest BCUT2D eigenvalue weighted by molar-refractivity contribution is -0.00872. The minimum atomic E-state index is 0.369. The normalized spacial score (nSPS) is 40.0. The Kier molecular flexibility index (Phi) is 2.57. The summed E-state index contributed by atoms with van der Waals surface area (Å²) in [5.74, 6) is 3.94. The fourth-order valence-electron chi connectivity index (χ4n) is 5.59. The zero-order valence-corrected chi connectivity index (χ0v) is 12.0. The highest BCUT2D eigenvalue weighted by molar-refractivity contribution is 5.31. The minimum absolute atomic E-state index is 0.369. The lowest BCUT2D eigenvalue weighted by Crippen LogP contribution is -2.49. The monoisotopic (exact) mass is 260 g/mol. The Balaban J connectivity index is 1.71. The van der Waals surface area contributed by atoms with Crippen LogP contribution in [-0.4, -0.2) is 12.2 Å². The molecule has 0 aliphatic heterocycles. The third kappa shape index (κ3) is 1.70. The van der Waals surface area contributed by atoms with Gasteiger partial charge in [-0.05, 0) is 70.3 Å². The summed E-state index contributed by atoms with van der Waals surface area (Å²) in [5.41, 5.74) is 2.99. The first-order valence-electron chi connectivity index (χ1n) is 7.80. The van der Waals surface area contributed by atoms with Gasteiger partial charge in [0.05, 0.1) is 12.2 Å². The predicted molar refractivity (Wildman–Crippen MR) is 73.9 cm³/mol. The van der Waals surface area contributed by atoms with E-state index in [4.69, 9.17) is 4.52 Å². The summed E-state index contributed by atoms with van der Waals surface area (Å²) < 4.78 is 5.61. The standard InChI is InChI=1S/C16H24N2O/c1-10-14(9-17-2)19-18-15(10)16-6-11-3-12(7-16)5-13(4-11)8-16/h11-13,17H,3-9H2,1-2H3. The van der Waals surface area contributed by atoms with Gasteiger partial charge in [0, 0.05) is 11.0 Å². The van der Waals surface area contributed by atoms with E-state index in [1.54, 1.807) is 0 Å². The summed E-state index contributed by atoms with van der Waals surface area (Å²) in [6, 6.07) is 0. The van der Waals surface area contributed by atoms with Gasteiger partial charge in [0.25, 0.3) is 0 Å². The largest absolute Gasteiger partial charge is 0.359 e. The third-order valence-corrected chi connectivity index (χ3v) is 5.90. The van der Waals surface area contributed by atoms with Crippen LogP contribution in [0.5, 0.6) is 0 Å². The molecule has 0 atom stereocenters. The Labute approximate surface area is 115 Å². The van der Waals surface area contributed by atoms with Crippen molar-refractivity contribution in [2.24, 2.45) is 17.8 Å². The highest BCUT2D eigenvalue weighted by Gasteiger charge is 2.53. The van der Waals surface area contributed by atoms with E-state index in [1.165, 1.54) is 49.8 Å². The smallest absolute Gasteiger partial charge is 0.153 e. The molecule has 4 bridgehead atoms. The maximum atomic E-state index is 5.61. The first kappa shape index (κ1) is 12.0.